The number of hydrogen-bond acceptors (Lipinski definition) is 9. The molecule has 162 valence electrons. The highest BCUT2D eigenvalue weighted by Gasteiger charge is 2.21. The molecule has 0 aliphatic carbocycles. The van der Waals surface area contributed by atoms with E-state index < -0.39 is 67.0 Å². The van der Waals surface area contributed by atoms with Crippen LogP contribution in [-0.4, -0.2) is 51.4 Å². The minimum absolute atomic E-state index is 0.0462. The molecule has 0 bridgehead atoms. The average Bonchev–Trinajstić information content (AvgIpc) is 2.72. The summed E-state index contributed by atoms with van der Waals surface area (Å²) < 4.78 is 15.7. The fourth-order valence-electron chi connectivity index (χ4n) is 2.14. The Bertz CT molecular complexity index is 978. The highest BCUT2D eigenvalue weighted by Crippen LogP contribution is 1.97. The maximum absolute atomic E-state index is 12.7. The summed E-state index contributed by atoms with van der Waals surface area (Å²) in [7, 11) is 0. The molecule has 0 spiro atoms. The van der Waals surface area contributed by atoms with Crippen LogP contribution in [0.1, 0.15) is 6.92 Å². The zero-order valence-corrected chi connectivity index (χ0v) is 16.3. The number of carbonyl (C=O) groups is 3. The number of ether oxygens (including phenoxy) is 3. The largest absolute Gasteiger partial charge is 0.461 e. The van der Waals surface area contributed by atoms with Crippen molar-refractivity contribution in [2.75, 3.05) is 19.8 Å². The minimum Gasteiger partial charge on any atom is -0.461 e. The minimum atomic E-state index is -1.18. The van der Waals surface area contributed by atoms with E-state index in [1.54, 1.807) is 0 Å². The molecule has 0 saturated carbocycles. The first-order chi connectivity index (χ1) is 14.2. The van der Waals surface area contributed by atoms with Gasteiger partial charge in [-0.1, -0.05) is 19.7 Å². The molecular formula is C18H21N3O9. The molecule has 30 heavy (non-hydrogen) atoms. The molecule has 0 saturated heterocycles. The average molecular weight is 423 g/mol. The van der Waals surface area contributed by atoms with Crippen molar-refractivity contribution in [2.45, 2.75) is 20.0 Å². The second-order valence-corrected chi connectivity index (χ2v) is 5.40. The quantitative estimate of drug-likeness (QED) is 0.240. The molecular weight excluding hydrogens is 402 g/mol. The monoisotopic (exact) mass is 423 g/mol. The lowest BCUT2D eigenvalue weighted by Crippen LogP contribution is -2.55. The number of aromatic nitrogens is 3. The summed E-state index contributed by atoms with van der Waals surface area (Å²) in [5.41, 5.74) is -4.06. The smallest absolute Gasteiger partial charge is 0.355 e. The van der Waals surface area contributed by atoms with E-state index in [0.717, 1.165) is 12.2 Å². The van der Waals surface area contributed by atoms with Gasteiger partial charge in [0.1, 0.15) is 18.9 Å². The summed E-state index contributed by atoms with van der Waals surface area (Å²) in [6, 6.07) is 0. The Morgan fingerprint density at radius 1 is 0.833 bits per heavy atom. The van der Waals surface area contributed by atoms with Crippen molar-refractivity contribution in [3.05, 3.63) is 63.3 Å². The lowest BCUT2D eigenvalue weighted by Gasteiger charge is -2.14. The molecule has 0 radical (unpaired) electrons. The Balaban J connectivity index is 3.46. The van der Waals surface area contributed by atoms with Gasteiger partial charge < -0.3 is 14.2 Å². The Morgan fingerprint density at radius 2 is 1.27 bits per heavy atom. The van der Waals surface area contributed by atoms with Crippen LogP contribution in [0.15, 0.2) is 46.3 Å². The SMILES string of the molecule is C=CC(=O)OCCn1c(=O)n(CCOC(=O)C=C)c(=O)n(C(=C)C(=O)OCC)c1=O. The van der Waals surface area contributed by atoms with Crippen LogP contribution in [0.5, 0.6) is 0 Å². The first-order valence-corrected chi connectivity index (χ1v) is 8.61. The molecule has 0 N–H and O–H groups in total. The van der Waals surface area contributed by atoms with Gasteiger partial charge in [-0.15, -0.1) is 0 Å². The second kappa shape index (κ2) is 11.1. The van der Waals surface area contributed by atoms with Crippen molar-refractivity contribution >= 4 is 23.6 Å². The molecule has 0 aliphatic rings. The first kappa shape index (κ1) is 24.1. The standard InChI is InChI=1S/C18H21N3O9/c1-5-13(22)29-10-8-19-16(25)20(9-11-30-14(23)6-2)18(27)21(17(19)26)12(4)15(24)28-7-3/h5-6H,1-2,4,7-11H2,3H3. The summed E-state index contributed by atoms with van der Waals surface area (Å²) in [5, 5.41) is 0. The third-order valence-electron chi connectivity index (χ3n) is 3.54. The molecule has 0 fully saturated rings. The van der Waals surface area contributed by atoms with Gasteiger partial charge in [-0.2, -0.15) is 0 Å². The molecule has 12 nitrogen and oxygen atoms in total. The van der Waals surface area contributed by atoms with Crippen LogP contribution in [0.3, 0.4) is 0 Å². The van der Waals surface area contributed by atoms with Crippen LogP contribution in [0.2, 0.25) is 0 Å². The number of hydrogen-bond donors (Lipinski definition) is 0. The first-order valence-electron chi connectivity index (χ1n) is 8.61. The summed E-state index contributed by atoms with van der Waals surface area (Å²) in [5.74, 6) is -2.63. The van der Waals surface area contributed by atoms with Gasteiger partial charge in [0, 0.05) is 12.2 Å². The zero-order chi connectivity index (χ0) is 22.8. The predicted molar refractivity (Wildman–Crippen MR) is 103 cm³/mol. The van der Waals surface area contributed by atoms with Gasteiger partial charge in [0.25, 0.3) is 0 Å². The molecule has 0 atom stereocenters. The van der Waals surface area contributed by atoms with Crippen LogP contribution in [-0.2, 0) is 41.7 Å². The molecule has 1 heterocycles. The number of esters is 3. The van der Waals surface area contributed by atoms with E-state index in [9.17, 15) is 28.8 Å². The van der Waals surface area contributed by atoms with E-state index in [4.69, 9.17) is 14.2 Å². The second-order valence-electron chi connectivity index (χ2n) is 5.40. The van der Waals surface area contributed by atoms with Gasteiger partial charge >= 0.3 is 35.0 Å². The van der Waals surface area contributed by atoms with Crippen LogP contribution in [0.25, 0.3) is 5.70 Å². The fourth-order valence-corrected chi connectivity index (χ4v) is 2.14. The summed E-state index contributed by atoms with van der Waals surface area (Å²) in [6.07, 6.45) is 1.77. The zero-order valence-electron chi connectivity index (χ0n) is 16.3. The van der Waals surface area contributed by atoms with Gasteiger partial charge in [0.2, 0.25) is 0 Å². The van der Waals surface area contributed by atoms with Crippen molar-refractivity contribution in [1.29, 1.82) is 0 Å². The Kier molecular flexibility index (Phi) is 8.94. The third-order valence-corrected chi connectivity index (χ3v) is 3.54. The Labute approximate surface area is 169 Å². The van der Waals surface area contributed by atoms with Crippen molar-refractivity contribution in [2.24, 2.45) is 0 Å². The van der Waals surface area contributed by atoms with E-state index in [0.29, 0.717) is 13.7 Å². The van der Waals surface area contributed by atoms with Crippen LogP contribution >= 0.6 is 0 Å². The molecule has 12 heteroatoms. The van der Waals surface area contributed by atoms with Crippen molar-refractivity contribution in [1.82, 2.24) is 13.7 Å². The number of nitrogens with zero attached hydrogens (tertiary/aromatic N) is 3. The summed E-state index contributed by atoms with van der Waals surface area (Å²) >= 11 is 0. The maximum Gasteiger partial charge on any atom is 0.355 e. The fraction of sp³-hybridized carbons (Fsp3) is 0.333. The Hall–Kier alpha value is -3.96. The molecule has 1 rings (SSSR count). The lowest BCUT2D eigenvalue weighted by atomic mass is 10.4. The van der Waals surface area contributed by atoms with Crippen molar-refractivity contribution < 1.29 is 28.6 Å². The summed E-state index contributed by atoms with van der Waals surface area (Å²) in [4.78, 5) is 72.3. The lowest BCUT2D eigenvalue weighted by molar-refractivity contribution is -0.138. The van der Waals surface area contributed by atoms with Gasteiger partial charge in [0.15, 0.2) is 0 Å². The number of rotatable bonds is 11. The molecule has 0 aliphatic heterocycles. The van der Waals surface area contributed by atoms with E-state index in [1.807, 2.05) is 0 Å². The molecule has 0 amide bonds. The highest BCUT2D eigenvalue weighted by atomic mass is 16.5. The van der Waals surface area contributed by atoms with Gasteiger partial charge in [-0.25, -0.2) is 42.5 Å². The van der Waals surface area contributed by atoms with Gasteiger partial charge in [-0.05, 0) is 6.92 Å². The number of carbonyl (C=O) groups excluding carboxylic acids is 3. The van der Waals surface area contributed by atoms with Crippen molar-refractivity contribution in [3.8, 4) is 0 Å². The molecule has 0 aromatic carbocycles. The van der Waals surface area contributed by atoms with Crippen LogP contribution < -0.4 is 17.1 Å². The maximum atomic E-state index is 12.7. The molecule has 1 aromatic heterocycles. The van der Waals surface area contributed by atoms with Crippen LogP contribution in [0.4, 0.5) is 0 Å². The van der Waals surface area contributed by atoms with Crippen LogP contribution in [0, 0.1) is 0 Å². The van der Waals surface area contributed by atoms with E-state index >= 15 is 0 Å². The third kappa shape index (κ3) is 5.77. The van der Waals surface area contributed by atoms with E-state index in [-0.39, 0.29) is 6.61 Å². The topological polar surface area (TPSA) is 145 Å². The van der Waals surface area contributed by atoms with E-state index in [1.165, 1.54) is 6.92 Å². The predicted octanol–water partition coefficient (Wildman–Crippen LogP) is -1.34. The molecule has 1 aromatic rings. The van der Waals surface area contributed by atoms with Gasteiger partial charge in [0.05, 0.1) is 19.7 Å². The summed E-state index contributed by atoms with van der Waals surface area (Å²) in [6.45, 7) is 9.62. The highest BCUT2D eigenvalue weighted by molar-refractivity contribution is 6.08. The van der Waals surface area contributed by atoms with Crippen molar-refractivity contribution in [3.63, 3.8) is 0 Å². The molecule has 0 unspecified atom stereocenters. The van der Waals surface area contributed by atoms with E-state index in [2.05, 4.69) is 19.7 Å². The van der Waals surface area contributed by atoms with Gasteiger partial charge in [-0.3, -0.25) is 0 Å². The Morgan fingerprint density at radius 3 is 1.63 bits per heavy atom. The normalized spacial score (nSPS) is 10.0.